The summed E-state index contributed by atoms with van der Waals surface area (Å²) in [5.74, 6) is 0.244. The molecule has 4 nitrogen and oxygen atoms in total. The Hall–Kier alpha value is -1.88. The summed E-state index contributed by atoms with van der Waals surface area (Å²) in [6.45, 7) is 6.65. The second kappa shape index (κ2) is 5.63. The maximum Gasteiger partial charge on any atom is 0.251 e. The fraction of sp³-hybridized carbons (Fsp3) is 0.333. The van der Waals surface area contributed by atoms with Crippen LogP contribution in [-0.4, -0.2) is 10.9 Å². The normalized spacial score (nSPS) is 11.3. The molecule has 0 aliphatic heterocycles. The summed E-state index contributed by atoms with van der Waals surface area (Å²) >= 11 is 1.61. The molecule has 0 saturated heterocycles. The van der Waals surface area contributed by atoms with E-state index in [1.807, 2.05) is 37.6 Å². The van der Waals surface area contributed by atoms with Gasteiger partial charge in [0.1, 0.15) is 5.82 Å². The topological polar surface area (TPSA) is 68.0 Å². The highest BCUT2D eigenvalue weighted by Crippen LogP contribution is 2.22. The molecule has 1 amide bonds. The number of thiophene rings is 1. The van der Waals surface area contributed by atoms with Gasteiger partial charge in [0.15, 0.2) is 0 Å². The van der Waals surface area contributed by atoms with E-state index in [2.05, 4.69) is 10.3 Å². The molecule has 0 aliphatic rings. The van der Waals surface area contributed by atoms with Crippen molar-refractivity contribution in [1.29, 1.82) is 0 Å². The van der Waals surface area contributed by atoms with E-state index in [0.717, 1.165) is 11.3 Å². The van der Waals surface area contributed by atoms with Crippen molar-refractivity contribution in [3.63, 3.8) is 0 Å². The van der Waals surface area contributed by atoms with Gasteiger partial charge < -0.3 is 11.1 Å². The van der Waals surface area contributed by atoms with Crippen LogP contribution >= 0.6 is 11.3 Å². The number of hydrogen-bond donors (Lipinski definition) is 2. The number of carbonyl (C=O) groups is 1. The molecular formula is C15H19N3OS. The average molecular weight is 289 g/mol. The molecule has 2 aromatic rings. The zero-order valence-corrected chi connectivity index (χ0v) is 12.8. The van der Waals surface area contributed by atoms with Gasteiger partial charge in [0.05, 0.1) is 0 Å². The SMILES string of the molecule is CC(C)(C)c1cc(C(=O)NCc2ccsc2)cc(N)n1. The Morgan fingerprint density at radius 2 is 2.15 bits per heavy atom. The van der Waals surface area contributed by atoms with E-state index in [1.165, 1.54) is 0 Å². The zero-order valence-electron chi connectivity index (χ0n) is 11.9. The predicted octanol–water partition coefficient (Wildman–Crippen LogP) is 2.95. The number of nitrogens with one attached hydrogen (secondary N) is 1. The first-order valence-corrected chi connectivity index (χ1v) is 7.38. The van der Waals surface area contributed by atoms with Gasteiger partial charge >= 0.3 is 0 Å². The van der Waals surface area contributed by atoms with Crippen molar-refractivity contribution in [3.05, 3.63) is 45.8 Å². The van der Waals surface area contributed by atoms with Crippen molar-refractivity contribution in [2.75, 3.05) is 5.73 Å². The number of hydrogen-bond acceptors (Lipinski definition) is 4. The van der Waals surface area contributed by atoms with Crippen molar-refractivity contribution < 1.29 is 4.79 Å². The molecule has 106 valence electrons. The van der Waals surface area contributed by atoms with Crippen LogP contribution in [0, 0.1) is 0 Å². The Morgan fingerprint density at radius 1 is 1.40 bits per heavy atom. The van der Waals surface area contributed by atoms with Gasteiger partial charge in [-0.2, -0.15) is 11.3 Å². The number of anilines is 1. The van der Waals surface area contributed by atoms with Crippen molar-refractivity contribution in [2.45, 2.75) is 32.7 Å². The molecule has 0 bridgehead atoms. The fourth-order valence-electron chi connectivity index (χ4n) is 1.74. The summed E-state index contributed by atoms with van der Waals surface area (Å²) in [6, 6.07) is 5.41. The van der Waals surface area contributed by atoms with E-state index < -0.39 is 0 Å². The summed E-state index contributed by atoms with van der Waals surface area (Å²) in [6.07, 6.45) is 0. The summed E-state index contributed by atoms with van der Waals surface area (Å²) in [5.41, 5.74) is 8.12. The standard InChI is InChI=1S/C15H19N3OS/c1-15(2,3)12-6-11(7-13(16)18-12)14(19)17-8-10-4-5-20-9-10/h4-7,9H,8H2,1-3H3,(H2,16,18)(H,17,19). The van der Waals surface area contributed by atoms with Gasteiger partial charge in [-0.05, 0) is 34.5 Å². The maximum atomic E-state index is 12.2. The Bertz CT molecular complexity index is 600. The van der Waals surface area contributed by atoms with Crippen LogP contribution in [0.1, 0.15) is 42.4 Å². The molecule has 2 rings (SSSR count). The third kappa shape index (κ3) is 3.57. The minimum absolute atomic E-state index is 0.129. The second-order valence-electron chi connectivity index (χ2n) is 5.73. The van der Waals surface area contributed by atoms with E-state index in [-0.39, 0.29) is 11.3 Å². The quantitative estimate of drug-likeness (QED) is 0.912. The summed E-state index contributed by atoms with van der Waals surface area (Å²) in [5, 5.41) is 6.90. The van der Waals surface area contributed by atoms with Gasteiger partial charge in [-0.15, -0.1) is 0 Å². The van der Waals surface area contributed by atoms with Crippen LogP contribution in [0.2, 0.25) is 0 Å². The number of pyridine rings is 1. The number of nitrogens with zero attached hydrogens (tertiary/aromatic N) is 1. The molecule has 2 heterocycles. The minimum Gasteiger partial charge on any atom is -0.384 e. The Morgan fingerprint density at radius 3 is 2.75 bits per heavy atom. The summed E-state index contributed by atoms with van der Waals surface area (Å²) in [7, 11) is 0. The van der Waals surface area contributed by atoms with Gasteiger partial charge in [0.25, 0.3) is 5.91 Å². The fourth-order valence-corrected chi connectivity index (χ4v) is 2.41. The van der Waals surface area contributed by atoms with E-state index in [0.29, 0.717) is 17.9 Å². The number of nitrogens with two attached hydrogens (primary N) is 1. The summed E-state index contributed by atoms with van der Waals surface area (Å²) < 4.78 is 0. The molecule has 0 aliphatic carbocycles. The van der Waals surface area contributed by atoms with E-state index >= 15 is 0 Å². The molecule has 0 radical (unpaired) electrons. The van der Waals surface area contributed by atoms with Gasteiger partial charge in [-0.1, -0.05) is 20.8 Å². The summed E-state index contributed by atoms with van der Waals surface area (Å²) in [4.78, 5) is 16.5. The number of amides is 1. The largest absolute Gasteiger partial charge is 0.384 e. The van der Waals surface area contributed by atoms with Crippen LogP contribution in [0.5, 0.6) is 0 Å². The Labute approximate surface area is 123 Å². The molecule has 5 heteroatoms. The number of carbonyl (C=O) groups excluding carboxylic acids is 1. The van der Waals surface area contributed by atoms with Crippen molar-refractivity contribution >= 4 is 23.1 Å². The molecule has 2 aromatic heterocycles. The molecule has 0 fully saturated rings. The molecule has 0 atom stereocenters. The average Bonchev–Trinajstić information content (AvgIpc) is 2.87. The lowest BCUT2D eigenvalue weighted by atomic mass is 9.90. The highest BCUT2D eigenvalue weighted by atomic mass is 32.1. The first-order valence-electron chi connectivity index (χ1n) is 6.43. The molecule has 3 N–H and O–H groups in total. The molecule has 0 spiro atoms. The van der Waals surface area contributed by atoms with Gasteiger partial charge in [0, 0.05) is 23.2 Å². The zero-order chi connectivity index (χ0) is 14.8. The Kier molecular flexibility index (Phi) is 4.09. The molecular weight excluding hydrogens is 270 g/mol. The lowest BCUT2D eigenvalue weighted by molar-refractivity contribution is 0.0950. The van der Waals surface area contributed by atoms with Crippen molar-refractivity contribution in [1.82, 2.24) is 10.3 Å². The molecule has 0 saturated carbocycles. The molecule has 0 unspecified atom stereocenters. The number of rotatable bonds is 3. The van der Waals surface area contributed by atoms with E-state index in [1.54, 1.807) is 23.5 Å². The first kappa shape index (κ1) is 14.5. The van der Waals surface area contributed by atoms with Crippen molar-refractivity contribution in [2.24, 2.45) is 0 Å². The Balaban J connectivity index is 2.15. The third-order valence-corrected chi connectivity index (χ3v) is 3.64. The second-order valence-corrected chi connectivity index (χ2v) is 6.51. The monoisotopic (exact) mass is 289 g/mol. The predicted molar refractivity (Wildman–Crippen MR) is 82.8 cm³/mol. The molecule has 20 heavy (non-hydrogen) atoms. The van der Waals surface area contributed by atoms with Crippen LogP contribution in [0.15, 0.2) is 29.0 Å². The number of aromatic nitrogens is 1. The minimum atomic E-state index is -0.141. The van der Waals surface area contributed by atoms with E-state index in [9.17, 15) is 4.79 Å². The number of nitrogen functional groups attached to an aromatic ring is 1. The molecule has 0 aromatic carbocycles. The van der Waals surface area contributed by atoms with Crippen LogP contribution in [0.4, 0.5) is 5.82 Å². The smallest absolute Gasteiger partial charge is 0.251 e. The highest BCUT2D eigenvalue weighted by Gasteiger charge is 2.18. The third-order valence-electron chi connectivity index (χ3n) is 2.91. The van der Waals surface area contributed by atoms with Crippen LogP contribution in [-0.2, 0) is 12.0 Å². The van der Waals surface area contributed by atoms with Crippen molar-refractivity contribution in [3.8, 4) is 0 Å². The van der Waals surface area contributed by atoms with Gasteiger partial charge in [0.2, 0.25) is 0 Å². The van der Waals surface area contributed by atoms with E-state index in [4.69, 9.17) is 5.73 Å². The van der Waals surface area contributed by atoms with Crippen LogP contribution < -0.4 is 11.1 Å². The van der Waals surface area contributed by atoms with Gasteiger partial charge in [-0.25, -0.2) is 4.98 Å². The first-order chi connectivity index (χ1) is 9.36. The van der Waals surface area contributed by atoms with Crippen LogP contribution in [0.25, 0.3) is 0 Å². The van der Waals surface area contributed by atoms with Crippen LogP contribution in [0.3, 0.4) is 0 Å². The highest BCUT2D eigenvalue weighted by molar-refractivity contribution is 7.07. The lowest BCUT2D eigenvalue weighted by Crippen LogP contribution is -2.24. The lowest BCUT2D eigenvalue weighted by Gasteiger charge is -2.19. The maximum absolute atomic E-state index is 12.2. The van der Waals surface area contributed by atoms with Gasteiger partial charge in [-0.3, -0.25) is 4.79 Å².